The van der Waals surface area contributed by atoms with E-state index in [0.717, 1.165) is 11.1 Å². The second-order valence-corrected chi connectivity index (χ2v) is 5.20. The highest BCUT2D eigenvalue weighted by Crippen LogP contribution is 2.27. The summed E-state index contributed by atoms with van der Waals surface area (Å²) in [7, 11) is 0. The minimum absolute atomic E-state index is 0.0138. The number of carbonyl (C=O) groups excluding carboxylic acids is 2. The summed E-state index contributed by atoms with van der Waals surface area (Å²) in [6.45, 7) is 4.76. The molecule has 1 fully saturated rings. The number of rotatable bonds is 2. The lowest BCUT2D eigenvalue weighted by Crippen LogP contribution is -2.43. The van der Waals surface area contributed by atoms with E-state index >= 15 is 0 Å². The van der Waals surface area contributed by atoms with E-state index in [-0.39, 0.29) is 17.5 Å². The molecule has 0 saturated carbocycles. The standard InChI is InChI=1S/C17H17N3O2/c1-3-12(2)13-8-4-5-9-14(13)18-15-16(21)19-10-6-7-11-20(19)17(15)22/h3-9H,10-11H2,1-2H3/b12-3-. The molecule has 0 radical (unpaired) electrons. The zero-order valence-corrected chi connectivity index (χ0v) is 12.6. The van der Waals surface area contributed by atoms with Crippen LogP contribution in [0.2, 0.25) is 0 Å². The third-order valence-electron chi connectivity index (χ3n) is 3.88. The third kappa shape index (κ3) is 2.24. The van der Waals surface area contributed by atoms with E-state index in [1.165, 1.54) is 10.0 Å². The van der Waals surface area contributed by atoms with E-state index in [9.17, 15) is 9.59 Å². The first-order valence-corrected chi connectivity index (χ1v) is 7.23. The van der Waals surface area contributed by atoms with Crippen molar-refractivity contribution in [1.82, 2.24) is 10.0 Å². The minimum Gasteiger partial charge on any atom is -0.265 e. The van der Waals surface area contributed by atoms with Gasteiger partial charge in [0, 0.05) is 5.56 Å². The van der Waals surface area contributed by atoms with Gasteiger partial charge in [-0.25, -0.2) is 15.0 Å². The molecule has 2 aliphatic heterocycles. The fourth-order valence-corrected chi connectivity index (χ4v) is 2.54. The van der Waals surface area contributed by atoms with Crippen molar-refractivity contribution >= 4 is 28.8 Å². The molecule has 0 atom stereocenters. The van der Waals surface area contributed by atoms with E-state index in [0.29, 0.717) is 18.8 Å². The van der Waals surface area contributed by atoms with Crippen LogP contribution in [-0.2, 0) is 9.59 Å². The second kappa shape index (κ2) is 5.60. The molecule has 0 spiro atoms. The highest BCUT2D eigenvalue weighted by atomic mass is 16.2. The molecule has 3 rings (SSSR count). The number of benzene rings is 1. The van der Waals surface area contributed by atoms with Crippen molar-refractivity contribution in [3.8, 4) is 0 Å². The predicted molar refractivity (Wildman–Crippen MR) is 85.4 cm³/mol. The second-order valence-electron chi connectivity index (χ2n) is 5.20. The zero-order chi connectivity index (χ0) is 15.7. The number of hydrazine groups is 1. The maximum absolute atomic E-state index is 12.4. The molecule has 0 N–H and O–H groups in total. The number of fused-ring (bicyclic) bond motifs is 1. The highest BCUT2D eigenvalue weighted by Gasteiger charge is 2.42. The molecule has 5 heteroatoms. The molecule has 2 amide bonds. The largest absolute Gasteiger partial charge is 0.297 e. The van der Waals surface area contributed by atoms with Crippen LogP contribution in [0, 0.1) is 0 Å². The number of hydrogen-bond donors (Lipinski definition) is 0. The molecule has 0 aliphatic carbocycles. The number of para-hydroxylation sites is 1. The van der Waals surface area contributed by atoms with Crippen molar-refractivity contribution in [3.05, 3.63) is 48.1 Å². The summed E-state index contributed by atoms with van der Waals surface area (Å²) in [5.41, 5.74) is 2.61. The Labute approximate surface area is 129 Å². The summed E-state index contributed by atoms with van der Waals surface area (Å²) in [5, 5.41) is 2.87. The molecule has 0 unspecified atom stereocenters. The van der Waals surface area contributed by atoms with Gasteiger partial charge in [0.05, 0.1) is 18.8 Å². The van der Waals surface area contributed by atoms with Gasteiger partial charge in [0.2, 0.25) is 0 Å². The summed E-state index contributed by atoms with van der Waals surface area (Å²) in [4.78, 5) is 29.2. The minimum atomic E-state index is -0.331. The van der Waals surface area contributed by atoms with Crippen LogP contribution in [-0.4, -0.2) is 40.6 Å². The number of carbonyl (C=O) groups is 2. The Morgan fingerprint density at radius 1 is 1.09 bits per heavy atom. The predicted octanol–water partition coefficient (Wildman–Crippen LogP) is 2.34. The lowest BCUT2D eigenvalue weighted by molar-refractivity contribution is -0.145. The van der Waals surface area contributed by atoms with Crippen molar-refractivity contribution in [1.29, 1.82) is 0 Å². The van der Waals surface area contributed by atoms with Crippen molar-refractivity contribution in [2.45, 2.75) is 13.8 Å². The van der Waals surface area contributed by atoms with Crippen molar-refractivity contribution in [3.63, 3.8) is 0 Å². The fourth-order valence-electron chi connectivity index (χ4n) is 2.54. The summed E-state index contributed by atoms with van der Waals surface area (Å²) in [6, 6.07) is 7.53. The zero-order valence-electron chi connectivity index (χ0n) is 12.6. The average Bonchev–Trinajstić information content (AvgIpc) is 2.80. The van der Waals surface area contributed by atoms with Crippen molar-refractivity contribution < 1.29 is 9.59 Å². The topological polar surface area (TPSA) is 53.0 Å². The normalized spacial score (nSPS) is 18.1. The SMILES string of the molecule is C/C=C(/C)c1ccccc1N=C1C(=O)N2CC=CCN2C1=O. The Bertz CT molecular complexity index is 703. The van der Waals surface area contributed by atoms with Crippen LogP contribution in [0.4, 0.5) is 5.69 Å². The molecule has 1 saturated heterocycles. The van der Waals surface area contributed by atoms with Gasteiger partial charge in [0.1, 0.15) is 0 Å². The number of aliphatic imine (C=N–C) groups is 1. The van der Waals surface area contributed by atoms with Crippen molar-refractivity contribution in [2.24, 2.45) is 4.99 Å². The van der Waals surface area contributed by atoms with Gasteiger partial charge >= 0.3 is 0 Å². The first-order chi connectivity index (χ1) is 10.6. The van der Waals surface area contributed by atoms with Gasteiger partial charge in [-0.15, -0.1) is 0 Å². The third-order valence-corrected chi connectivity index (χ3v) is 3.88. The van der Waals surface area contributed by atoms with Crippen LogP contribution >= 0.6 is 0 Å². The number of nitrogens with zero attached hydrogens (tertiary/aromatic N) is 3. The smallest absolute Gasteiger partial charge is 0.265 e. The highest BCUT2D eigenvalue weighted by molar-refractivity contribution is 6.67. The molecule has 2 aliphatic rings. The number of amides is 2. The first kappa shape index (κ1) is 14.3. The number of hydrogen-bond acceptors (Lipinski definition) is 3. The van der Waals surface area contributed by atoms with E-state index < -0.39 is 0 Å². The van der Waals surface area contributed by atoms with Gasteiger partial charge in [-0.2, -0.15) is 0 Å². The van der Waals surface area contributed by atoms with Gasteiger partial charge < -0.3 is 0 Å². The molecule has 1 aromatic rings. The summed E-state index contributed by atoms with van der Waals surface area (Å²) in [5.74, 6) is -0.662. The van der Waals surface area contributed by atoms with E-state index in [1.807, 2.05) is 56.3 Å². The van der Waals surface area contributed by atoms with Gasteiger partial charge in [-0.3, -0.25) is 9.59 Å². The maximum Gasteiger partial charge on any atom is 0.297 e. The van der Waals surface area contributed by atoms with Gasteiger partial charge in [-0.1, -0.05) is 36.4 Å². The summed E-state index contributed by atoms with van der Waals surface area (Å²) >= 11 is 0. The van der Waals surface area contributed by atoms with Crippen LogP contribution in [0.25, 0.3) is 5.57 Å². The summed E-state index contributed by atoms with van der Waals surface area (Å²) in [6.07, 6.45) is 5.74. The van der Waals surface area contributed by atoms with Crippen LogP contribution in [0.5, 0.6) is 0 Å². The molecule has 0 bridgehead atoms. The van der Waals surface area contributed by atoms with E-state index in [2.05, 4.69) is 4.99 Å². The summed E-state index contributed by atoms with van der Waals surface area (Å²) < 4.78 is 0. The first-order valence-electron chi connectivity index (χ1n) is 7.23. The van der Waals surface area contributed by atoms with Crippen LogP contribution < -0.4 is 0 Å². The maximum atomic E-state index is 12.4. The lowest BCUT2D eigenvalue weighted by atomic mass is 10.1. The molecular formula is C17H17N3O2. The molecule has 2 heterocycles. The molecule has 112 valence electrons. The van der Waals surface area contributed by atoms with Crippen LogP contribution in [0.15, 0.2) is 47.5 Å². The van der Waals surface area contributed by atoms with E-state index in [4.69, 9.17) is 0 Å². The quantitative estimate of drug-likeness (QED) is 0.786. The lowest BCUT2D eigenvalue weighted by Gasteiger charge is -2.27. The molecule has 5 nitrogen and oxygen atoms in total. The Kier molecular flexibility index (Phi) is 3.63. The Hall–Kier alpha value is -2.69. The molecular weight excluding hydrogens is 278 g/mol. The number of allylic oxidation sites excluding steroid dienone is 2. The van der Waals surface area contributed by atoms with Gasteiger partial charge in [0.25, 0.3) is 11.8 Å². The van der Waals surface area contributed by atoms with Gasteiger partial charge in [0.15, 0.2) is 5.71 Å². The van der Waals surface area contributed by atoms with Gasteiger partial charge in [-0.05, 0) is 25.5 Å². The monoisotopic (exact) mass is 295 g/mol. The molecule has 22 heavy (non-hydrogen) atoms. The van der Waals surface area contributed by atoms with Crippen LogP contribution in [0.1, 0.15) is 19.4 Å². The Morgan fingerprint density at radius 3 is 2.27 bits per heavy atom. The van der Waals surface area contributed by atoms with Crippen molar-refractivity contribution in [2.75, 3.05) is 13.1 Å². The van der Waals surface area contributed by atoms with Crippen LogP contribution in [0.3, 0.4) is 0 Å². The fraction of sp³-hybridized carbons (Fsp3) is 0.235. The van der Waals surface area contributed by atoms with E-state index in [1.54, 1.807) is 0 Å². The molecule has 0 aromatic heterocycles. The Balaban J connectivity index is 2.03. The average molecular weight is 295 g/mol. The Morgan fingerprint density at radius 2 is 1.68 bits per heavy atom. The molecule has 1 aromatic carbocycles.